The maximum absolute atomic E-state index is 12.2. The fourth-order valence-corrected chi connectivity index (χ4v) is 1.86. The summed E-state index contributed by atoms with van der Waals surface area (Å²) in [5, 5.41) is 1.93. The van der Waals surface area contributed by atoms with Crippen molar-refractivity contribution in [3.05, 3.63) is 48.0 Å². The summed E-state index contributed by atoms with van der Waals surface area (Å²) in [6, 6.07) is 13.3. The summed E-state index contributed by atoms with van der Waals surface area (Å²) in [5.41, 5.74) is 0.630. The molecule has 0 aliphatic carbocycles. The largest absolute Gasteiger partial charge is 0.299 e. The van der Waals surface area contributed by atoms with Crippen LogP contribution in [0.3, 0.4) is 0 Å². The average Bonchev–Trinajstić information content (AvgIpc) is 2.36. The van der Waals surface area contributed by atoms with E-state index in [4.69, 9.17) is 0 Å². The maximum atomic E-state index is 12.2. The zero-order chi connectivity index (χ0) is 12.4. The number of ketones is 2. The molecule has 0 aromatic heterocycles. The summed E-state index contributed by atoms with van der Waals surface area (Å²) in [6.07, 6.45) is 0. The number of benzene rings is 2. The second kappa shape index (κ2) is 4.50. The molecule has 2 rings (SSSR count). The molecule has 2 nitrogen and oxygen atoms in total. The van der Waals surface area contributed by atoms with Crippen LogP contribution in [-0.2, 0) is 4.79 Å². The Balaban J connectivity index is 2.56. The molecule has 0 aliphatic heterocycles. The molecule has 0 radical (unpaired) electrons. The van der Waals surface area contributed by atoms with Crippen molar-refractivity contribution in [1.82, 2.24) is 0 Å². The van der Waals surface area contributed by atoms with E-state index in [9.17, 15) is 9.59 Å². The smallest absolute Gasteiger partial charge is 0.173 e. The van der Waals surface area contributed by atoms with E-state index in [0.29, 0.717) is 5.56 Å². The van der Waals surface area contributed by atoms with Crippen LogP contribution in [0.2, 0.25) is 0 Å². The molecule has 1 atom stereocenters. The maximum Gasteiger partial charge on any atom is 0.173 e. The molecule has 1 unspecified atom stereocenters. The monoisotopic (exact) mass is 226 g/mol. The van der Waals surface area contributed by atoms with Gasteiger partial charge in [0.1, 0.15) is 5.78 Å². The van der Waals surface area contributed by atoms with Gasteiger partial charge in [-0.1, -0.05) is 42.5 Å². The first-order valence-corrected chi connectivity index (χ1v) is 5.63. The van der Waals surface area contributed by atoms with Crippen molar-refractivity contribution in [3.8, 4) is 0 Å². The molecule has 86 valence electrons. The molecule has 0 aliphatic rings. The van der Waals surface area contributed by atoms with E-state index in [1.807, 2.05) is 36.4 Å². The summed E-state index contributed by atoms with van der Waals surface area (Å²) in [5.74, 6) is -0.766. The number of hydrogen-bond donors (Lipinski definition) is 0. The lowest BCUT2D eigenvalue weighted by atomic mass is 9.92. The summed E-state index contributed by atoms with van der Waals surface area (Å²) < 4.78 is 0. The Hall–Kier alpha value is -1.96. The topological polar surface area (TPSA) is 34.1 Å². The normalized spacial score (nSPS) is 12.4. The minimum atomic E-state index is -0.569. The van der Waals surface area contributed by atoms with Crippen LogP contribution in [-0.4, -0.2) is 11.6 Å². The van der Waals surface area contributed by atoms with Crippen LogP contribution in [0.25, 0.3) is 10.8 Å². The minimum Gasteiger partial charge on any atom is -0.299 e. The molecular weight excluding hydrogens is 212 g/mol. The number of rotatable bonds is 3. The van der Waals surface area contributed by atoms with Crippen LogP contribution in [0.4, 0.5) is 0 Å². The van der Waals surface area contributed by atoms with Gasteiger partial charge in [0.15, 0.2) is 5.78 Å². The lowest BCUT2D eigenvalue weighted by Gasteiger charge is -2.09. The summed E-state index contributed by atoms with van der Waals surface area (Å²) in [4.78, 5) is 23.5. The first-order valence-electron chi connectivity index (χ1n) is 5.63. The average molecular weight is 226 g/mol. The standard InChI is InChI=1S/C15H14O2/c1-10(11(2)16)15(17)14-9-5-7-12-6-3-4-8-13(12)14/h3-10H,1-2H3. The van der Waals surface area contributed by atoms with Gasteiger partial charge < -0.3 is 0 Å². The van der Waals surface area contributed by atoms with Gasteiger partial charge in [-0.2, -0.15) is 0 Å². The second-order valence-corrected chi connectivity index (χ2v) is 4.22. The van der Waals surface area contributed by atoms with Gasteiger partial charge in [-0.05, 0) is 24.6 Å². The number of hydrogen-bond acceptors (Lipinski definition) is 2. The summed E-state index contributed by atoms with van der Waals surface area (Å²) in [7, 11) is 0. The van der Waals surface area contributed by atoms with Crippen LogP contribution in [0.5, 0.6) is 0 Å². The second-order valence-electron chi connectivity index (χ2n) is 4.22. The van der Waals surface area contributed by atoms with Crippen molar-refractivity contribution in [2.24, 2.45) is 5.92 Å². The van der Waals surface area contributed by atoms with Crippen LogP contribution < -0.4 is 0 Å². The van der Waals surface area contributed by atoms with Gasteiger partial charge in [-0.3, -0.25) is 9.59 Å². The van der Waals surface area contributed by atoms with Gasteiger partial charge in [0, 0.05) is 5.56 Å². The Bertz CT molecular complexity index is 579. The van der Waals surface area contributed by atoms with Gasteiger partial charge in [0.05, 0.1) is 5.92 Å². The fraction of sp³-hybridized carbons (Fsp3) is 0.200. The molecule has 0 amide bonds. The molecule has 0 heterocycles. The SMILES string of the molecule is CC(=O)C(C)C(=O)c1cccc2ccccc12. The van der Waals surface area contributed by atoms with Crippen LogP contribution in [0.15, 0.2) is 42.5 Å². The molecule has 0 bridgehead atoms. The van der Waals surface area contributed by atoms with Gasteiger partial charge in [0.2, 0.25) is 0 Å². The molecular formula is C15H14O2. The lowest BCUT2D eigenvalue weighted by molar-refractivity contribution is -0.118. The molecule has 2 aromatic rings. The Kier molecular flexibility index (Phi) is 3.05. The van der Waals surface area contributed by atoms with Crippen LogP contribution >= 0.6 is 0 Å². The van der Waals surface area contributed by atoms with Crippen LogP contribution in [0.1, 0.15) is 24.2 Å². The third kappa shape index (κ3) is 2.11. The van der Waals surface area contributed by atoms with Crippen molar-refractivity contribution < 1.29 is 9.59 Å². The molecule has 2 heteroatoms. The molecule has 0 saturated carbocycles. The minimum absolute atomic E-state index is 0.0945. The highest BCUT2D eigenvalue weighted by atomic mass is 16.1. The zero-order valence-electron chi connectivity index (χ0n) is 9.94. The van der Waals surface area contributed by atoms with Crippen molar-refractivity contribution >= 4 is 22.3 Å². The van der Waals surface area contributed by atoms with E-state index < -0.39 is 5.92 Å². The van der Waals surface area contributed by atoms with Gasteiger partial charge >= 0.3 is 0 Å². The lowest BCUT2D eigenvalue weighted by Crippen LogP contribution is -2.18. The molecule has 0 fully saturated rings. The molecule has 17 heavy (non-hydrogen) atoms. The Labute approximate surface area is 100 Å². The predicted molar refractivity (Wildman–Crippen MR) is 68.1 cm³/mol. The Morgan fingerprint density at radius 2 is 1.65 bits per heavy atom. The fourth-order valence-electron chi connectivity index (χ4n) is 1.86. The van der Waals surface area contributed by atoms with Crippen molar-refractivity contribution in [2.75, 3.05) is 0 Å². The van der Waals surface area contributed by atoms with E-state index in [0.717, 1.165) is 10.8 Å². The highest BCUT2D eigenvalue weighted by Gasteiger charge is 2.20. The molecule has 0 spiro atoms. The van der Waals surface area contributed by atoms with E-state index in [1.54, 1.807) is 13.0 Å². The molecule has 0 saturated heterocycles. The number of fused-ring (bicyclic) bond motifs is 1. The molecule has 0 N–H and O–H groups in total. The van der Waals surface area contributed by atoms with E-state index in [-0.39, 0.29) is 11.6 Å². The predicted octanol–water partition coefficient (Wildman–Crippen LogP) is 3.25. The van der Waals surface area contributed by atoms with E-state index in [1.165, 1.54) is 6.92 Å². The van der Waals surface area contributed by atoms with Crippen molar-refractivity contribution in [1.29, 1.82) is 0 Å². The van der Waals surface area contributed by atoms with Gasteiger partial charge in [-0.25, -0.2) is 0 Å². The third-order valence-electron chi connectivity index (χ3n) is 3.06. The van der Waals surface area contributed by atoms with E-state index in [2.05, 4.69) is 0 Å². The Morgan fingerprint density at radius 3 is 2.35 bits per heavy atom. The highest BCUT2D eigenvalue weighted by molar-refractivity contribution is 6.15. The van der Waals surface area contributed by atoms with Crippen molar-refractivity contribution in [3.63, 3.8) is 0 Å². The third-order valence-corrected chi connectivity index (χ3v) is 3.06. The number of Topliss-reactive ketones (excluding diaryl/α,β-unsaturated/α-hetero) is 2. The van der Waals surface area contributed by atoms with Gasteiger partial charge in [-0.15, -0.1) is 0 Å². The Morgan fingerprint density at radius 1 is 1.00 bits per heavy atom. The summed E-state index contributed by atoms with van der Waals surface area (Å²) >= 11 is 0. The van der Waals surface area contributed by atoms with Crippen molar-refractivity contribution in [2.45, 2.75) is 13.8 Å². The van der Waals surface area contributed by atoms with E-state index >= 15 is 0 Å². The highest BCUT2D eigenvalue weighted by Crippen LogP contribution is 2.21. The first kappa shape index (κ1) is 11.5. The first-order chi connectivity index (χ1) is 8.11. The van der Waals surface area contributed by atoms with Gasteiger partial charge in [0.25, 0.3) is 0 Å². The zero-order valence-corrected chi connectivity index (χ0v) is 9.94. The molecule has 2 aromatic carbocycles. The number of carbonyl (C=O) groups excluding carboxylic acids is 2. The van der Waals surface area contributed by atoms with Crippen LogP contribution in [0, 0.1) is 5.92 Å². The number of carbonyl (C=O) groups is 2. The quantitative estimate of drug-likeness (QED) is 0.594. The summed E-state index contributed by atoms with van der Waals surface area (Å²) in [6.45, 7) is 3.11.